The molecule has 2 aliphatic rings. The summed E-state index contributed by atoms with van der Waals surface area (Å²) in [5, 5.41) is 0. The first-order valence-corrected chi connectivity index (χ1v) is 7.28. The molecule has 2 N–H and O–H groups in total. The zero-order valence-corrected chi connectivity index (χ0v) is 13.1. The van der Waals surface area contributed by atoms with Crippen LogP contribution in [0, 0.1) is 5.41 Å². The molecule has 1 heterocycles. The lowest BCUT2D eigenvalue weighted by atomic mass is 9.79. The molecule has 21 heavy (non-hydrogen) atoms. The van der Waals surface area contributed by atoms with Gasteiger partial charge in [-0.3, -0.25) is 15.0 Å². The average molecular weight is 296 g/mol. The average Bonchev–Trinajstić information content (AvgIpc) is 2.63. The molecule has 1 aliphatic heterocycles. The predicted molar refractivity (Wildman–Crippen MR) is 76.9 cm³/mol. The number of allylic oxidation sites excluding steroid dienone is 2. The Morgan fingerprint density at radius 1 is 1.38 bits per heavy atom. The summed E-state index contributed by atoms with van der Waals surface area (Å²) in [5.74, 6) is -1.03. The highest BCUT2D eigenvalue weighted by molar-refractivity contribution is 5.91. The predicted octanol–water partition coefficient (Wildman–Crippen LogP) is 1.42. The lowest BCUT2D eigenvalue weighted by molar-refractivity contribution is -0.166. The standard InChI is InChI=1S/C15H24N2O4/c1-10-9-20-15(4,21-10)8-13(19)17-16-11-5-12(18)7-14(2,3)6-11/h5,10,16H,6-9H2,1-4H3,(H,17,19)/t10-,15-/m1/s1. The van der Waals surface area contributed by atoms with Crippen molar-refractivity contribution in [3.05, 3.63) is 11.8 Å². The topological polar surface area (TPSA) is 76.7 Å². The number of rotatable bonds is 4. The molecule has 6 heteroatoms. The highest BCUT2D eigenvalue weighted by atomic mass is 16.7. The first-order chi connectivity index (χ1) is 9.67. The van der Waals surface area contributed by atoms with E-state index >= 15 is 0 Å². The number of hydrogen-bond acceptors (Lipinski definition) is 5. The van der Waals surface area contributed by atoms with Crippen LogP contribution in [0.25, 0.3) is 0 Å². The molecular formula is C15H24N2O4. The molecule has 0 aromatic heterocycles. The molecule has 1 fully saturated rings. The van der Waals surface area contributed by atoms with Crippen LogP contribution < -0.4 is 10.9 Å². The summed E-state index contributed by atoms with van der Waals surface area (Å²) < 4.78 is 11.1. The van der Waals surface area contributed by atoms with Crippen LogP contribution in [0.15, 0.2) is 11.8 Å². The number of nitrogens with one attached hydrogen (secondary N) is 2. The normalized spacial score (nSPS) is 31.7. The van der Waals surface area contributed by atoms with Crippen LogP contribution in [0.1, 0.15) is 47.0 Å². The van der Waals surface area contributed by atoms with E-state index in [2.05, 4.69) is 10.9 Å². The van der Waals surface area contributed by atoms with Gasteiger partial charge in [0.05, 0.1) is 19.1 Å². The Hall–Kier alpha value is -1.40. The molecule has 0 radical (unpaired) electrons. The number of ether oxygens (including phenoxy) is 2. The summed E-state index contributed by atoms with van der Waals surface area (Å²) in [5.41, 5.74) is 6.10. The van der Waals surface area contributed by atoms with E-state index in [1.807, 2.05) is 20.8 Å². The highest BCUT2D eigenvalue weighted by Gasteiger charge is 2.37. The van der Waals surface area contributed by atoms with E-state index in [-0.39, 0.29) is 29.6 Å². The molecule has 6 nitrogen and oxygen atoms in total. The number of carbonyl (C=O) groups is 2. The largest absolute Gasteiger partial charge is 0.347 e. The van der Waals surface area contributed by atoms with Crippen LogP contribution in [0.2, 0.25) is 0 Å². The number of hydrazine groups is 1. The van der Waals surface area contributed by atoms with Gasteiger partial charge in [-0.1, -0.05) is 13.8 Å². The summed E-state index contributed by atoms with van der Waals surface area (Å²) in [7, 11) is 0. The Balaban J connectivity index is 1.83. The van der Waals surface area contributed by atoms with Gasteiger partial charge in [-0.05, 0) is 25.7 Å². The van der Waals surface area contributed by atoms with Crippen molar-refractivity contribution in [3.8, 4) is 0 Å². The van der Waals surface area contributed by atoms with Gasteiger partial charge in [-0.25, -0.2) is 0 Å². The molecule has 0 saturated carbocycles. The Labute approximate surface area is 125 Å². The van der Waals surface area contributed by atoms with E-state index < -0.39 is 5.79 Å². The quantitative estimate of drug-likeness (QED) is 0.767. The molecule has 0 unspecified atom stereocenters. The maximum Gasteiger partial charge on any atom is 0.243 e. The third-order valence-electron chi connectivity index (χ3n) is 3.58. The summed E-state index contributed by atoms with van der Waals surface area (Å²) >= 11 is 0. The van der Waals surface area contributed by atoms with Crippen LogP contribution in [0.5, 0.6) is 0 Å². The summed E-state index contributed by atoms with van der Waals surface area (Å²) in [6, 6.07) is 0. The molecule has 118 valence electrons. The van der Waals surface area contributed by atoms with Gasteiger partial charge in [0.1, 0.15) is 0 Å². The number of ketones is 1. The SMILES string of the molecule is C[C@@H]1CO[C@@](C)(CC(=O)NNC2=CC(=O)CC(C)(C)C2)O1. The van der Waals surface area contributed by atoms with Gasteiger partial charge in [-0.2, -0.15) is 0 Å². The third-order valence-corrected chi connectivity index (χ3v) is 3.58. The van der Waals surface area contributed by atoms with E-state index in [1.165, 1.54) is 0 Å². The molecule has 1 aliphatic carbocycles. The van der Waals surface area contributed by atoms with E-state index in [4.69, 9.17) is 9.47 Å². The third kappa shape index (κ3) is 4.54. The van der Waals surface area contributed by atoms with Gasteiger partial charge in [0.15, 0.2) is 11.6 Å². The fourth-order valence-corrected chi connectivity index (χ4v) is 2.79. The number of carbonyl (C=O) groups excluding carboxylic acids is 2. The van der Waals surface area contributed by atoms with Crippen molar-refractivity contribution in [1.82, 2.24) is 10.9 Å². The van der Waals surface area contributed by atoms with Crippen LogP contribution in [0.3, 0.4) is 0 Å². The van der Waals surface area contributed by atoms with E-state index in [0.717, 1.165) is 12.1 Å². The van der Waals surface area contributed by atoms with E-state index in [9.17, 15) is 9.59 Å². The fraction of sp³-hybridized carbons (Fsp3) is 0.733. The minimum atomic E-state index is -0.874. The molecule has 2 atom stereocenters. The van der Waals surface area contributed by atoms with Crippen molar-refractivity contribution < 1.29 is 19.1 Å². The molecule has 2 rings (SSSR count). The molecule has 1 saturated heterocycles. The molecular weight excluding hydrogens is 272 g/mol. The summed E-state index contributed by atoms with van der Waals surface area (Å²) in [6.45, 7) is 8.21. The monoisotopic (exact) mass is 296 g/mol. The summed E-state index contributed by atoms with van der Waals surface area (Å²) in [4.78, 5) is 23.6. The first-order valence-electron chi connectivity index (χ1n) is 7.28. The Morgan fingerprint density at radius 3 is 2.67 bits per heavy atom. The fourth-order valence-electron chi connectivity index (χ4n) is 2.79. The maximum absolute atomic E-state index is 12.0. The number of hydrogen-bond donors (Lipinski definition) is 2. The lowest BCUT2D eigenvalue weighted by Crippen LogP contribution is -2.43. The van der Waals surface area contributed by atoms with Crippen molar-refractivity contribution in [1.29, 1.82) is 0 Å². The zero-order valence-electron chi connectivity index (χ0n) is 13.1. The molecule has 0 aromatic carbocycles. The lowest BCUT2D eigenvalue weighted by Gasteiger charge is -2.29. The molecule has 0 bridgehead atoms. The first kappa shape index (κ1) is 16.0. The van der Waals surface area contributed by atoms with Gasteiger partial charge in [0, 0.05) is 18.2 Å². The Bertz CT molecular complexity index is 472. The second kappa shape index (κ2) is 5.77. The van der Waals surface area contributed by atoms with Gasteiger partial charge in [-0.15, -0.1) is 0 Å². The highest BCUT2D eigenvalue weighted by Crippen LogP contribution is 2.32. The van der Waals surface area contributed by atoms with Crippen molar-refractivity contribution >= 4 is 11.7 Å². The van der Waals surface area contributed by atoms with Gasteiger partial charge < -0.3 is 14.9 Å². The maximum atomic E-state index is 12.0. The van der Waals surface area contributed by atoms with Crippen LogP contribution in [-0.4, -0.2) is 30.2 Å². The Morgan fingerprint density at radius 2 is 2.10 bits per heavy atom. The molecule has 1 amide bonds. The Kier molecular flexibility index (Phi) is 4.39. The second-order valence-electron chi connectivity index (χ2n) is 6.88. The van der Waals surface area contributed by atoms with E-state index in [1.54, 1.807) is 13.0 Å². The molecule has 0 aromatic rings. The zero-order chi connectivity index (χ0) is 15.7. The van der Waals surface area contributed by atoms with E-state index in [0.29, 0.717) is 13.0 Å². The number of amides is 1. The van der Waals surface area contributed by atoms with Gasteiger partial charge in [0.2, 0.25) is 5.91 Å². The van der Waals surface area contributed by atoms with Crippen LogP contribution >= 0.6 is 0 Å². The van der Waals surface area contributed by atoms with Crippen molar-refractivity contribution in [2.24, 2.45) is 5.41 Å². The van der Waals surface area contributed by atoms with Crippen molar-refractivity contribution in [2.75, 3.05) is 6.61 Å². The molecule has 0 spiro atoms. The minimum Gasteiger partial charge on any atom is -0.347 e. The van der Waals surface area contributed by atoms with Gasteiger partial charge >= 0.3 is 0 Å². The minimum absolute atomic E-state index is 0.00441. The van der Waals surface area contributed by atoms with Crippen molar-refractivity contribution in [3.63, 3.8) is 0 Å². The van der Waals surface area contributed by atoms with Crippen LogP contribution in [-0.2, 0) is 19.1 Å². The summed E-state index contributed by atoms with van der Waals surface area (Å²) in [6.07, 6.45) is 2.91. The van der Waals surface area contributed by atoms with Gasteiger partial charge in [0.25, 0.3) is 0 Å². The van der Waals surface area contributed by atoms with Crippen LogP contribution in [0.4, 0.5) is 0 Å². The smallest absolute Gasteiger partial charge is 0.243 e. The second-order valence-corrected chi connectivity index (χ2v) is 6.88. The van der Waals surface area contributed by atoms with Crippen molar-refractivity contribution in [2.45, 2.75) is 58.8 Å².